The van der Waals surface area contributed by atoms with Crippen molar-refractivity contribution in [3.05, 3.63) is 59.2 Å². The summed E-state index contributed by atoms with van der Waals surface area (Å²) < 4.78 is 11.2. The third-order valence-electron chi connectivity index (χ3n) is 5.96. The summed E-state index contributed by atoms with van der Waals surface area (Å²) >= 11 is 0. The maximum atomic E-state index is 12.7. The van der Waals surface area contributed by atoms with Gasteiger partial charge in [-0.2, -0.15) is 0 Å². The summed E-state index contributed by atoms with van der Waals surface area (Å²) in [5, 5.41) is 3.12. The molecule has 0 aliphatic carbocycles. The number of nitrogens with one attached hydrogen (secondary N) is 1. The molecule has 0 bridgehead atoms. The van der Waals surface area contributed by atoms with Crippen molar-refractivity contribution >= 4 is 5.91 Å². The molecule has 1 heterocycles. The molecule has 0 saturated carbocycles. The molecule has 2 aromatic carbocycles. The molecule has 5 nitrogen and oxygen atoms in total. The lowest BCUT2D eigenvalue weighted by molar-refractivity contribution is -0.127. The fourth-order valence-corrected chi connectivity index (χ4v) is 3.90. The summed E-state index contributed by atoms with van der Waals surface area (Å²) in [4.78, 5) is 15.2. The van der Waals surface area contributed by atoms with E-state index in [1.165, 1.54) is 30.4 Å². The van der Waals surface area contributed by atoms with Gasteiger partial charge in [0.1, 0.15) is 11.5 Å². The highest BCUT2D eigenvalue weighted by molar-refractivity contribution is 5.80. The zero-order chi connectivity index (χ0) is 21.5. The van der Waals surface area contributed by atoms with Gasteiger partial charge in [-0.15, -0.1) is 0 Å². The monoisotopic (exact) mass is 410 g/mol. The van der Waals surface area contributed by atoms with Crippen LogP contribution in [0.25, 0.3) is 0 Å². The van der Waals surface area contributed by atoms with Crippen LogP contribution >= 0.6 is 0 Å². The summed E-state index contributed by atoms with van der Waals surface area (Å²) in [6, 6.07) is 14.2. The lowest BCUT2D eigenvalue weighted by Gasteiger charge is -2.35. The SMILES string of the molecule is COc1ccc([C@@H](CNC(=O)[C@H](C)Oc2ccc(C)c(C)c2)N2CCCCC2)cc1. The highest BCUT2D eigenvalue weighted by atomic mass is 16.5. The number of rotatable bonds is 8. The molecule has 5 heteroatoms. The molecule has 1 aliphatic rings. The molecule has 1 aliphatic heterocycles. The molecule has 1 fully saturated rings. The maximum Gasteiger partial charge on any atom is 0.260 e. The summed E-state index contributed by atoms with van der Waals surface area (Å²) in [5.41, 5.74) is 3.56. The first-order valence-corrected chi connectivity index (χ1v) is 10.9. The molecular formula is C25H34N2O3. The smallest absolute Gasteiger partial charge is 0.260 e. The molecule has 3 rings (SSSR count). The van der Waals surface area contributed by atoms with E-state index in [1.807, 2.05) is 37.3 Å². The van der Waals surface area contributed by atoms with Gasteiger partial charge in [-0.25, -0.2) is 0 Å². The van der Waals surface area contributed by atoms with Crippen LogP contribution in [0.1, 0.15) is 48.9 Å². The van der Waals surface area contributed by atoms with Gasteiger partial charge in [0.05, 0.1) is 13.2 Å². The van der Waals surface area contributed by atoms with Crippen molar-refractivity contribution in [2.24, 2.45) is 0 Å². The zero-order valence-electron chi connectivity index (χ0n) is 18.6. The van der Waals surface area contributed by atoms with Crippen LogP contribution in [0, 0.1) is 13.8 Å². The molecule has 0 unspecified atom stereocenters. The Labute approximate surface area is 180 Å². The number of methoxy groups -OCH3 is 1. The Morgan fingerprint density at radius 1 is 1.00 bits per heavy atom. The Morgan fingerprint density at radius 3 is 2.30 bits per heavy atom. The van der Waals surface area contributed by atoms with Crippen molar-refractivity contribution in [1.82, 2.24) is 10.2 Å². The van der Waals surface area contributed by atoms with Crippen LogP contribution in [0.15, 0.2) is 42.5 Å². The van der Waals surface area contributed by atoms with Gasteiger partial charge in [-0.1, -0.05) is 24.6 Å². The highest BCUT2D eigenvalue weighted by Crippen LogP contribution is 2.26. The number of hydrogen-bond acceptors (Lipinski definition) is 4. The number of amides is 1. The first-order chi connectivity index (χ1) is 14.5. The van der Waals surface area contributed by atoms with Crippen LogP contribution in [0.5, 0.6) is 11.5 Å². The summed E-state index contributed by atoms with van der Waals surface area (Å²) in [6.45, 7) is 8.59. The molecule has 30 heavy (non-hydrogen) atoms. The van der Waals surface area contributed by atoms with Crippen LogP contribution < -0.4 is 14.8 Å². The van der Waals surface area contributed by atoms with Crippen LogP contribution in [0.3, 0.4) is 0 Å². The van der Waals surface area contributed by atoms with Crippen molar-refractivity contribution in [2.75, 3.05) is 26.7 Å². The van der Waals surface area contributed by atoms with Gasteiger partial charge in [-0.05, 0) is 87.7 Å². The molecule has 1 amide bonds. The van der Waals surface area contributed by atoms with Gasteiger partial charge < -0.3 is 14.8 Å². The van der Waals surface area contributed by atoms with Crippen LogP contribution in [-0.2, 0) is 4.79 Å². The van der Waals surface area contributed by atoms with E-state index in [0.29, 0.717) is 6.54 Å². The fourth-order valence-electron chi connectivity index (χ4n) is 3.90. The minimum Gasteiger partial charge on any atom is -0.497 e. The van der Waals surface area contributed by atoms with E-state index in [2.05, 4.69) is 29.3 Å². The second kappa shape index (κ2) is 10.5. The van der Waals surface area contributed by atoms with Crippen molar-refractivity contribution in [2.45, 2.75) is 52.2 Å². The molecule has 1 N–H and O–H groups in total. The minimum absolute atomic E-state index is 0.0938. The molecule has 0 radical (unpaired) electrons. The first-order valence-electron chi connectivity index (χ1n) is 10.9. The van der Waals surface area contributed by atoms with Gasteiger partial charge in [0, 0.05) is 6.54 Å². The Hall–Kier alpha value is -2.53. The van der Waals surface area contributed by atoms with Crippen LogP contribution in [0.4, 0.5) is 0 Å². The van der Waals surface area contributed by atoms with Gasteiger partial charge in [0.25, 0.3) is 5.91 Å². The van der Waals surface area contributed by atoms with Crippen molar-refractivity contribution < 1.29 is 14.3 Å². The Morgan fingerprint density at radius 2 is 1.67 bits per heavy atom. The number of benzene rings is 2. The lowest BCUT2D eigenvalue weighted by atomic mass is 10.0. The number of likely N-dealkylation sites (tertiary alicyclic amines) is 1. The quantitative estimate of drug-likeness (QED) is 0.700. The topological polar surface area (TPSA) is 50.8 Å². The molecule has 0 aromatic heterocycles. The maximum absolute atomic E-state index is 12.7. The lowest BCUT2D eigenvalue weighted by Crippen LogP contribution is -2.43. The Bertz CT molecular complexity index is 829. The standard InChI is InChI=1S/C25H34N2O3/c1-18-8-11-23(16-19(18)2)30-20(3)25(28)26-17-24(27-14-6-5-7-15-27)21-9-12-22(29-4)13-10-21/h8-13,16,20,24H,5-7,14-15,17H2,1-4H3,(H,26,28)/t20-,24+/m0/s1. The predicted molar refractivity (Wildman–Crippen MR) is 120 cm³/mol. The zero-order valence-corrected chi connectivity index (χ0v) is 18.6. The number of piperidine rings is 1. The minimum atomic E-state index is -0.551. The van der Waals surface area contributed by atoms with Crippen LogP contribution in [0.2, 0.25) is 0 Å². The van der Waals surface area contributed by atoms with Crippen LogP contribution in [-0.4, -0.2) is 43.7 Å². The average molecular weight is 411 g/mol. The number of carbonyl (C=O) groups is 1. The number of hydrogen-bond donors (Lipinski definition) is 1. The largest absolute Gasteiger partial charge is 0.497 e. The second-order valence-electron chi connectivity index (χ2n) is 8.14. The fraction of sp³-hybridized carbons (Fsp3) is 0.480. The Balaban J connectivity index is 1.64. The van der Waals surface area contributed by atoms with Gasteiger partial charge in [-0.3, -0.25) is 9.69 Å². The third-order valence-corrected chi connectivity index (χ3v) is 5.96. The Kier molecular flexibility index (Phi) is 7.75. The van der Waals surface area contributed by atoms with Crippen molar-refractivity contribution in [3.63, 3.8) is 0 Å². The molecule has 2 aromatic rings. The van der Waals surface area contributed by atoms with Crippen molar-refractivity contribution in [3.8, 4) is 11.5 Å². The molecular weight excluding hydrogens is 376 g/mol. The predicted octanol–water partition coefficient (Wildman–Crippen LogP) is 4.42. The third kappa shape index (κ3) is 5.76. The van der Waals surface area contributed by atoms with Gasteiger partial charge in [0.15, 0.2) is 6.10 Å². The normalized spacial score (nSPS) is 16.5. The summed E-state index contributed by atoms with van der Waals surface area (Å²) in [5.74, 6) is 1.47. The van der Waals surface area contributed by atoms with E-state index in [9.17, 15) is 4.79 Å². The van der Waals surface area contributed by atoms with E-state index < -0.39 is 6.10 Å². The summed E-state index contributed by atoms with van der Waals surface area (Å²) in [7, 11) is 1.67. The number of nitrogens with zero attached hydrogens (tertiary/aromatic N) is 1. The van der Waals surface area contributed by atoms with E-state index in [1.54, 1.807) is 14.0 Å². The van der Waals surface area contributed by atoms with Crippen molar-refractivity contribution in [1.29, 1.82) is 0 Å². The first kappa shape index (κ1) is 22.2. The second-order valence-corrected chi connectivity index (χ2v) is 8.14. The number of ether oxygens (including phenoxy) is 2. The highest BCUT2D eigenvalue weighted by Gasteiger charge is 2.24. The van der Waals surface area contributed by atoms with E-state index in [0.717, 1.165) is 30.2 Å². The molecule has 1 saturated heterocycles. The van der Waals surface area contributed by atoms with Gasteiger partial charge >= 0.3 is 0 Å². The molecule has 2 atom stereocenters. The summed E-state index contributed by atoms with van der Waals surface area (Å²) in [6.07, 6.45) is 3.13. The van der Waals surface area contributed by atoms with E-state index in [-0.39, 0.29) is 11.9 Å². The average Bonchev–Trinajstić information content (AvgIpc) is 2.77. The number of aryl methyl sites for hydroxylation is 2. The van der Waals surface area contributed by atoms with E-state index in [4.69, 9.17) is 9.47 Å². The molecule has 162 valence electrons. The number of carbonyl (C=O) groups excluding carboxylic acids is 1. The van der Waals surface area contributed by atoms with E-state index >= 15 is 0 Å². The molecule has 0 spiro atoms. The van der Waals surface area contributed by atoms with Gasteiger partial charge in [0.2, 0.25) is 0 Å².